The molecule has 94 valence electrons. The summed E-state index contributed by atoms with van der Waals surface area (Å²) in [6.45, 7) is 4.02. The monoisotopic (exact) mass is 260 g/mol. The van der Waals surface area contributed by atoms with Gasteiger partial charge in [0.05, 0.1) is 0 Å². The molecule has 1 N–H and O–H groups in total. The summed E-state index contributed by atoms with van der Waals surface area (Å²) in [6, 6.07) is 5.95. The van der Waals surface area contributed by atoms with Crippen molar-refractivity contribution in [1.82, 2.24) is 20.3 Å². The maximum atomic E-state index is 4.42. The molecule has 5 heteroatoms. The van der Waals surface area contributed by atoms with Crippen LogP contribution in [0.25, 0.3) is 0 Å². The Hall–Kier alpha value is -1.46. The van der Waals surface area contributed by atoms with Gasteiger partial charge in [0, 0.05) is 18.9 Å². The molecule has 2 heterocycles. The zero-order valence-electron chi connectivity index (χ0n) is 10.3. The zero-order chi connectivity index (χ0) is 12.6. The van der Waals surface area contributed by atoms with Crippen molar-refractivity contribution < 1.29 is 0 Å². The van der Waals surface area contributed by atoms with Crippen molar-refractivity contribution in [1.29, 1.82) is 0 Å². The molecule has 4 nitrogen and oxygen atoms in total. The highest BCUT2D eigenvalue weighted by Gasteiger charge is 2.05. The molecule has 0 radical (unpaired) electrons. The van der Waals surface area contributed by atoms with E-state index in [4.69, 9.17) is 0 Å². The smallest absolute Gasteiger partial charge is 0.116 e. The fourth-order valence-corrected chi connectivity index (χ4v) is 2.30. The largest absolute Gasteiger partial charge is 0.313 e. The molecule has 0 amide bonds. The first kappa shape index (κ1) is 13.0. The maximum Gasteiger partial charge on any atom is 0.116 e. The van der Waals surface area contributed by atoms with Crippen molar-refractivity contribution in [2.75, 3.05) is 6.54 Å². The maximum absolute atomic E-state index is 4.42. The Bertz CT molecular complexity index is 475. The molecule has 0 aliphatic rings. The minimum absolute atomic E-state index is 0.842. The Labute approximate surface area is 111 Å². The van der Waals surface area contributed by atoms with Gasteiger partial charge in [0.2, 0.25) is 0 Å². The molecule has 0 bridgehead atoms. The van der Waals surface area contributed by atoms with E-state index in [9.17, 15) is 0 Å². The van der Waals surface area contributed by atoms with Crippen LogP contribution in [0.15, 0.2) is 47.0 Å². The Morgan fingerprint density at radius 3 is 2.94 bits per heavy atom. The lowest BCUT2D eigenvalue weighted by molar-refractivity contribution is 0.665. The van der Waals surface area contributed by atoms with E-state index in [1.807, 2.05) is 18.3 Å². The molecule has 0 aliphatic carbocycles. The number of hydrogen-bond donors (Lipinski definition) is 1. The lowest BCUT2D eigenvalue weighted by atomic mass is 10.3. The van der Waals surface area contributed by atoms with Gasteiger partial charge in [-0.3, -0.25) is 0 Å². The molecule has 0 aliphatic heterocycles. The molecule has 2 rings (SSSR count). The SMILES string of the molecule is CCCNCc1cccnc1Sc1ccncn1. The molecule has 18 heavy (non-hydrogen) atoms. The summed E-state index contributed by atoms with van der Waals surface area (Å²) in [5.74, 6) is 0. The van der Waals surface area contributed by atoms with Gasteiger partial charge in [0.1, 0.15) is 16.4 Å². The summed E-state index contributed by atoms with van der Waals surface area (Å²) < 4.78 is 0. The predicted octanol–water partition coefficient (Wildman–Crippen LogP) is 2.52. The number of pyridine rings is 1. The van der Waals surface area contributed by atoms with Crippen LogP contribution in [0.4, 0.5) is 0 Å². The zero-order valence-corrected chi connectivity index (χ0v) is 11.2. The van der Waals surface area contributed by atoms with E-state index in [1.165, 1.54) is 5.56 Å². The van der Waals surface area contributed by atoms with E-state index >= 15 is 0 Å². The molecule has 0 unspecified atom stereocenters. The highest BCUT2D eigenvalue weighted by atomic mass is 32.2. The fraction of sp³-hybridized carbons (Fsp3) is 0.308. The van der Waals surface area contributed by atoms with Crippen LogP contribution in [0.1, 0.15) is 18.9 Å². The molecule has 0 atom stereocenters. The molecule has 0 saturated carbocycles. The molecule has 2 aromatic heterocycles. The third kappa shape index (κ3) is 3.78. The summed E-state index contributed by atoms with van der Waals surface area (Å²) in [7, 11) is 0. The van der Waals surface area contributed by atoms with Crippen LogP contribution >= 0.6 is 11.8 Å². The average Bonchev–Trinajstić information content (AvgIpc) is 2.42. The van der Waals surface area contributed by atoms with Crippen molar-refractivity contribution in [3.8, 4) is 0 Å². The van der Waals surface area contributed by atoms with Crippen LogP contribution in [0.5, 0.6) is 0 Å². The van der Waals surface area contributed by atoms with Gasteiger partial charge in [-0.1, -0.05) is 13.0 Å². The van der Waals surface area contributed by atoms with Crippen LogP contribution in [-0.4, -0.2) is 21.5 Å². The summed E-state index contributed by atoms with van der Waals surface area (Å²) in [5.41, 5.74) is 1.20. The molecular formula is C13H16N4S. The normalized spacial score (nSPS) is 10.5. The van der Waals surface area contributed by atoms with Gasteiger partial charge in [-0.05, 0) is 42.4 Å². The van der Waals surface area contributed by atoms with Gasteiger partial charge >= 0.3 is 0 Å². The van der Waals surface area contributed by atoms with Crippen molar-refractivity contribution >= 4 is 11.8 Å². The van der Waals surface area contributed by atoms with E-state index in [0.717, 1.165) is 29.6 Å². The minimum Gasteiger partial charge on any atom is -0.313 e. The Balaban J connectivity index is 2.07. The molecule has 2 aromatic rings. The number of nitrogens with zero attached hydrogens (tertiary/aromatic N) is 3. The second kappa shape index (κ2) is 7.08. The molecule has 0 fully saturated rings. The number of rotatable bonds is 6. The van der Waals surface area contributed by atoms with Crippen LogP contribution < -0.4 is 5.32 Å². The van der Waals surface area contributed by atoms with Crippen LogP contribution in [-0.2, 0) is 6.54 Å². The summed E-state index contributed by atoms with van der Waals surface area (Å²) >= 11 is 1.57. The molecule has 0 spiro atoms. The standard InChI is InChI=1S/C13H16N4S/c1-2-6-14-9-11-4-3-7-16-13(11)18-12-5-8-15-10-17-12/h3-5,7-8,10,14H,2,6,9H2,1H3. The van der Waals surface area contributed by atoms with Crippen molar-refractivity contribution in [2.45, 2.75) is 29.9 Å². The van der Waals surface area contributed by atoms with E-state index in [2.05, 4.69) is 33.3 Å². The predicted molar refractivity (Wildman–Crippen MR) is 72.4 cm³/mol. The van der Waals surface area contributed by atoms with E-state index in [1.54, 1.807) is 24.3 Å². The second-order valence-corrected chi connectivity index (χ2v) is 4.80. The van der Waals surface area contributed by atoms with Crippen molar-refractivity contribution in [2.24, 2.45) is 0 Å². The third-order valence-corrected chi connectivity index (χ3v) is 3.36. The minimum atomic E-state index is 0.842. The first-order valence-electron chi connectivity index (χ1n) is 5.98. The first-order valence-corrected chi connectivity index (χ1v) is 6.80. The van der Waals surface area contributed by atoms with Gasteiger partial charge in [-0.25, -0.2) is 15.0 Å². The molecule has 0 saturated heterocycles. The van der Waals surface area contributed by atoms with Crippen LogP contribution in [0.2, 0.25) is 0 Å². The van der Waals surface area contributed by atoms with E-state index in [0.29, 0.717) is 0 Å². The van der Waals surface area contributed by atoms with Gasteiger partial charge in [0.15, 0.2) is 0 Å². The van der Waals surface area contributed by atoms with Gasteiger partial charge in [0.25, 0.3) is 0 Å². The summed E-state index contributed by atoms with van der Waals surface area (Å²) in [6.07, 6.45) is 6.25. The Morgan fingerprint density at radius 1 is 1.22 bits per heavy atom. The summed E-state index contributed by atoms with van der Waals surface area (Å²) in [4.78, 5) is 12.5. The summed E-state index contributed by atoms with van der Waals surface area (Å²) in [5, 5.41) is 5.31. The highest BCUT2D eigenvalue weighted by molar-refractivity contribution is 7.99. The van der Waals surface area contributed by atoms with Crippen molar-refractivity contribution in [3.05, 3.63) is 42.5 Å². The third-order valence-electron chi connectivity index (χ3n) is 2.35. The Morgan fingerprint density at radius 2 is 2.17 bits per heavy atom. The van der Waals surface area contributed by atoms with Crippen LogP contribution in [0, 0.1) is 0 Å². The lowest BCUT2D eigenvalue weighted by Gasteiger charge is -2.08. The lowest BCUT2D eigenvalue weighted by Crippen LogP contribution is -2.14. The second-order valence-electron chi connectivity index (χ2n) is 3.79. The number of aromatic nitrogens is 3. The van der Waals surface area contributed by atoms with Crippen LogP contribution in [0.3, 0.4) is 0 Å². The Kier molecular flexibility index (Phi) is 5.11. The fourth-order valence-electron chi connectivity index (χ4n) is 1.49. The van der Waals surface area contributed by atoms with Crippen molar-refractivity contribution in [3.63, 3.8) is 0 Å². The topological polar surface area (TPSA) is 50.7 Å². The number of nitrogens with one attached hydrogen (secondary N) is 1. The first-order chi connectivity index (χ1) is 8.90. The average molecular weight is 260 g/mol. The van der Waals surface area contributed by atoms with Gasteiger partial charge < -0.3 is 5.32 Å². The van der Waals surface area contributed by atoms with Gasteiger partial charge in [-0.2, -0.15) is 0 Å². The number of hydrogen-bond acceptors (Lipinski definition) is 5. The van der Waals surface area contributed by atoms with E-state index in [-0.39, 0.29) is 0 Å². The highest BCUT2D eigenvalue weighted by Crippen LogP contribution is 2.26. The van der Waals surface area contributed by atoms with E-state index < -0.39 is 0 Å². The quantitative estimate of drug-likeness (QED) is 0.639. The molecule has 0 aromatic carbocycles. The molecular weight excluding hydrogens is 244 g/mol. The van der Waals surface area contributed by atoms with Gasteiger partial charge in [-0.15, -0.1) is 0 Å².